The summed E-state index contributed by atoms with van der Waals surface area (Å²) < 4.78 is 0. The van der Waals surface area contributed by atoms with Gasteiger partial charge in [0.2, 0.25) is 0 Å². The highest BCUT2D eigenvalue weighted by molar-refractivity contribution is 6.36. The van der Waals surface area contributed by atoms with E-state index in [1.165, 1.54) is 0 Å². The van der Waals surface area contributed by atoms with Crippen molar-refractivity contribution in [3.05, 3.63) is 63.9 Å². The molecule has 0 aliphatic heterocycles. The van der Waals surface area contributed by atoms with Gasteiger partial charge in [-0.15, -0.1) is 0 Å². The van der Waals surface area contributed by atoms with Crippen molar-refractivity contribution >= 4 is 40.1 Å². The normalized spacial score (nSPS) is 12.5. The molecule has 0 aliphatic rings. The summed E-state index contributed by atoms with van der Waals surface area (Å²) in [7, 11) is 0. The number of nitrogens with one attached hydrogen (secondary N) is 2. The molecular weight excluding hydrogens is 345 g/mol. The summed E-state index contributed by atoms with van der Waals surface area (Å²) in [5, 5.41) is 3.83. The van der Waals surface area contributed by atoms with E-state index in [-0.39, 0.29) is 17.9 Å². The predicted octanol–water partition coefficient (Wildman–Crippen LogP) is 5.00. The van der Waals surface area contributed by atoms with Crippen LogP contribution in [0.25, 0.3) is 11.0 Å². The number of hydrogen-bond donors (Lipinski definition) is 2. The molecular formula is C18H17Cl2N3O. The van der Waals surface area contributed by atoms with Crippen LogP contribution < -0.4 is 5.32 Å². The molecule has 1 amide bonds. The van der Waals surface area contributed by atoms with Gasteiger partial charge < -0.3 is 10.3 Å². The fraction of sp³-hybridized carbons (Fsp3) is 0.222. The number of rotatable bonds is 4. The summed E-state index contributed by atoms with van der Waals surface area (Å²) in [4.78, 5) is 20.5. The van der Waals surface area contributed by atoms with E-state index in [4.69, 9.17) is 23.2 Å². The Labute approximate surface area is 150 Å². The second-order valence-corrected chi connectivity index (χ2v) is 6.80. The Hall–Kier alpha value is -2.04. The van der Waals surface area contributed by atoms with Crippen molar-refractivity contribution < 1.29 is 4.79 Å². The Kier molecular flexibility index (Phi) is 4.78. The van der Waals surface area contributed by atoms with E-state index >= 15 is 0 Å². The number of carbonyl (C=O) groups is 1. The number of fused-ring (bicyclic) bond motifs is 1. The predicted molar refractivity (Wildman–Crippen MR) is 97.6 cm³/mol. The van der Waals surface area contributed by atoms with Crippen molar-refractivity contribution in [3.8, 4) is 0 Å². The lowest BCUT2D eigenvalue weighted by Crippen LogP contribution is -2.32. The average Bonchev–Trinajstić information content (AvgIpc) is 2.95. The van der Waals surface area contributed by atoms with Gasteiger partial charge in [-0.05, 0) is 36.2 Å². The second kappa shape index (κ2) is 6.83. The quantitative estimate of drug-likeness (QED) is 0.686. The van der Waals surface area contributed by atoms with Crippen LogP contribution in [0.2, 0.25) is 10.0 Å². The highest BCUT2D eigenvalue weighted by Crippen LogP contribution is 2.25. The largest absolute Gasteiger partial charge is 0.342 e. The van der Waals surface area contributed by atoms with Gasteiger partial charge in [0.05, 0.1) is 27.7 Å². The number of aromatic amines is 1. The maximum absolute atomic E-state index is 12.6. The van der Waals surface area contributed by atoms with Crippen molar-refractivity contribution in [1.29, 1.82) is 0 Å². The summed E-state index contributed by atoms with van der Waals surface area (Å²) in [6.07, 6.45) is 0. The number of aromatic nitrogens is 2. The third-order valence-corrected chi connectivity index (χ3v) is 4.38. The third kappa shape index (κ3) is 3.40. The first kappa shape index (κ1) is 16.8. The first-order chi connectivity index (χ1) is 11.5. The minimum atomic E-state index is -0.254. The molecule has 0 bridgehead atoms. The lowest BCUT2D eigenvalue weighted by Gasteiger charge is -2.20. The molecule has 3 rings (SSSR count). The lowest BCUT2D eigenvalue weighted by atomic mass is 10.0. The number of halogens is 2. The zero-order valence-electron chi connectivity index (χ0n) is 13.3. The zero-order chi connectivity index (χ0) is 17.3. The number of carbonyl (C=O) groups excluding carboxylic acids is 1. The van der Waals surface area contributed by atoms with Crippen molar-refractivity contribution in [2.24, 2.45) is 5.92 Å². The molecule has 1 atom stereocenters. The molecule has 6 heteroatoms. The van der Waals surface area contributed by atoms with E-state index in [1.54, 1.807) is 18.2 Å². The molecule has 0 fully saturated rings. The van der Waals surface area contributed by atoms with Crippen LogP contribution in [0.1, 0.15) is 36.1 Å². The fourth-order valence-electron chi connectivity index (χ4n) is 2.56. The van der Waals surface area contributed by atoms with Gasteiger partial charge in [0.15, 0.2) is 0 Å². The molecule has 124 valence electrons. The SMILES string of the molecule is CC(C)C(NC(=O)c1ccc(Cl)cc1Cl)c1nc2ccccc2[nH]1. The number of nitrogens with zero attached hydrogens (tertiary/aromatic N) is 1. The average molecular weight is 362 g/mol. The van der Waals surface area contributed by atoms with E-state index in [1.807, 2.05) is 38.1 Å². The summed E-state index contributed by atoms with van der Waals surface area (Å²) in [6.45, 7) is 4.06. The van der Waals surface area contributed by atoms with Gasteiger partial charge in [0.1, 0.15) is 5.82 Å². The monoisotopic (exact) mass is 361 g/mol. The molecule has 0 spiro atoms. The van der Waals surface area contributed by atoms with Crippen LogP contribution in [0.3, 0.4) is 0 Å². The minimum Gasteiger partial charge on any atom is -0.342 e. The Bertz CT molecular complexity index is 856. The van der Waals surface area contributed by atoms with Crippen LogP contribution in [-0.2, 0) is 0 Å². The molecule has 4 nitrogen and oxygen atoms in total. The van der Waals surface area contributed by atoms with E-state index in [9.17, 15) is 4.79 Å². The maximum atomic E-state index is 12.6. The van der Waals surface area contributed by atoms with Crippen molar-refractivity contribution in [2.45, 2.75) is 19.9 Å². The smallest absolute Gasteiger partial charge is 0.253 e. The number of amides is 1. The number of H-pyrrole nitrogens is 1. The van der Waals surface area contributed by atoms with Gasteiger partial charge >= 0.3 is 0 Å². The summed E-state index contributed by atoms with van der Waals surface area (Å²) in [5.74, 6) is 0.626. The van der Waals surface area contributed by atoms with Crippen molar-refractivity contribution in [2.75, 3.05) is 0 Å². The molecule has 24 heavy (non-hydrogen) atoms. The third-order valence-electron chi connectivity index (χ3n) is 3.83. The van der Waals surface area contributed by atoms with Gasteiger partial charge in [-0.2, -0.15) is 0 Å². The molecule has 1 unspecified atom stereocenters. The molecule has 2 N–H and O–H groups in total. The molecule has 2 aromatic carbocycles. The molecule has 1 aromatic heterocycles. The molecule has 1 heterocycles. The second-order valence-electron chi connectivity index (χ2n) is 5.96. The van der Waals surface area contributed by atoms with Crippen molar-refractivity contribution in [3.63, 3.8) is 0 Å². The van der Waals surface area contributed by atoms with Crippen LogP contribution in [0.4, 0.5) is 0 Å². The topological polar surface area (TPSA) is 57.8 Å². The van der Waals surface area contributed by atoms with Gasteiger partial charge in [-0.25, -0.2) is 4.98 Å². The molecule has 0 saturated heterocycles. The first-order valence-electron chi connectivity index (χ1n) is 7.66. The Balaban J connectivity index is 1.90. The van der Waals surface area contributed by atoms with E-state index in [0.29, 0.717) is 15.6 Å². The van der Waals surface area contributed by atoms with E-state index in [0.717, 1.165) is 16.9 Å². The molecule has 0 saturated carbocycles. The highest BCUT2D eigenvalue weighted by Gasteiger charge is 2.23. The summed E-state index contributed by atoms with van der Waals surface area (Å²) in [6, 6.07) is 12.3. The lowest BCUT2D eigenvalue weighted by molar-refractivity contribution is 0.0923. The number of benzene rings is 2. The first-order valence-corrected chi connectivity index (χ1v) is 8.42. The number of para-hydroxylation sites is 2. The summed E-state index contributed by atoms with van der Waals surface area (Å²) in [5.41, 5.74) is 2.21. The van der Waals surface area contributed by atoms with E-state index in [2.05, 4.69) is 15.3 Å². The molecule has 0 radical (unpaired) electrons. The van der Waals surface area contributed by atoms with Crippen LogP contribution in [0.15, 0.2) is 42.5 Å². The zero-order valence-corrected chi connectivity index (χ0v) is 14.8. The van der Waals surface area contributed by atoms with Gasteiger partial charge in [-0.3, -0.25) is 4.79 Å². The standard InChI is InChI=1S/C18H17Cl2N3O/c1-10(2)16(17-21-14-5-3-4-6-15(14)22-17)23-18(24)12-8-7-11(19)9-13(12)20/h3-10,16H,1-2H3,(H,21,22)(H,23,24). The summed E-state index contributed by atoms with van der Waals surface area (Å²) >= 11 is 12.0. The Morgan fingerprint density at radius 1 is 1.17 bits per heavy atom. The fourth-order valence-corrected chi connectivity index (χ4v) is 3.06. The van der Waals surface area contributed by atoms with Crippen LogP contribution in [-0.4, -0.2) is 15.9 Å². The Morgan fingerprint density at radius 3 is 2.58 bits per heavy atom. The molecule has 0 aliphatic carbocycles. The van der Waals surface area contributed by atoms with Crippen LogP contribution in [0, 0.1) is 5.92 Å². The maximum Gasteiger partial charge on any atom is 0.253 e. The van der Waals surface area contributed by atoms with Gasteiger partial charge in [0, 0.05) is 5.02 Å². The Morgan fingerprint density at radius 2 is 1.92 bits per heavy atom. The minimum absolute atomic E-state index is 0.153. The van der Waals surface area contributed by atoms with Crippen LogP contribution >= 0.6 is 23.2 Å². The highest BCUT2D eigenvalue weighted by atomic mass is 35.5. The van der Waals surface area contributed by atoms with Crippen molar-refractivity contribution in [1.82, 2.24) is 15.3 Å². The van der Waals surface area contributed by atoms with Gasteiger partial charge in [-0.1, -0.05) is 49.2 Å². The van der Waals surface area contributed by atoms with E-state index < -0.39 is 0 Å². The van der Waals surface area contributed by atoms with Crippen LogP contribution in [0.5, 0.6) is 0 Å². The molecule has 3 aromatic rings. The van der Waals surface area contributed by atoms with Gasteiger partial charge in [0.25, 0.3) is 5.91 Å². The number of hydrogen-bond acceptors (Lipinski definition) is 2. The number of imidazole rings is 1.